The van der Waals surface area contributed by atoms with Gasteiger partial charge in [-0.05, 0) is 17.7 Å². The lowest BCUT2D eigenvalue weighted by molar-refractivity contribution is 0.250. The van der Waals surface area contributed by atoms with Crippen LogP contribution < -0.4 is 16.2 Å². The number of nitrogens with zero attached hydrogens (tertiary/aromatic N) is 3. The van der Waals surface area contributed by atoms with Crippen molar-refractivity contribution in [3.8, 4) is 0 Å². The van der Waals surface area contributed by atoms with Gasteiger partial charge in [0.25, 0.3) is 5.56 Å². The molecule has 2 heterocycles. The number of hydrogen-bond donors (Lipinski definition) is 2. The Morgan fingerprint density at radius 2 is 1.86 bits per heavy atom. The summed E-state index contributed by atoms with van der Waals surface area (Å²) in [7, 11) is 0. The van der Waals surface area contributed by atoms with Crippen molar-refractivity contribution in [1.29, 1.82) is 0 Å². The SMILES string of the molecule is Nc1ccc(CN2CCN(c3cn[nH]c(=O)c3Cl)CC2)cc1. The van der Waals surface area contributed by atoms with Crippen LogP contribution >= 0.6 is 11.6 Å². The average molecular weight is 320 g/mol. The first-order chi connectivity index (χ1) is 10.6. The molecular weight excluding hydrogens is 302 g/mol. The highest BCUT2D eigenvalue weighted by Gasteiger charge is 2.20. The number of halogens is 1. The third-order valence-corrected chi connectivity index (χ3v) is 4.24. The van der Waals surface area contributed by atoms with E-state index in [1.807, 2.05) is 12.1 Å². The molecule has 7 heteroatoms. The van der Waals surface area contributed by atoms with Gasteiger partial charge in [-0.3, -0.25) is 9.69 Å². The molecule has 1 aromatic heterocycles. The highest BCUT2D eigenvalue weighted by Crippen LogP contribution is 2.22. The van der Waals surface area contributed by atoms with Crippen LogP contribution in [0.25, 0.3) is 0 Å². The second-order valence-electron chi connectivity index (χ2n) is 5.40. The van der Waals surface area contributed by atoms with E-state index in [0.29, 0.717) is 5.69 Å². The van der Waals surface area contributed by atoms with E-state index in [2.05, 4.69) is 32.1 Å². The molecule has 0 unspecified atom stereocenters. The van der Waals surface area contributed by atoms with E-state index in [9.17, 15) is 4.79 Å². The fraction of sp³-hybridized carbons (Fsp3) is 0.333. The van der Waals surface area contributed by atoms with Crippen LogP contribution in [0.1, 0.15) is 5.56 Å². The van der Waals surface area contributed by atoms with Gasteiger partial charge in [-0.25, -0.2) is 5.10 Å². The number of nitrogens with two attached hydrogens (primary N) is 1. The van der Waals surface area contributed by atoms with E-state index in [1.165, 1.54) is 5.56 Å². The van der Waals surface area contributed by atoms with Crippen molar-refractivity contribution in [2.24, 2.45) is 0 Å². The van der Waals surface area contributed by atoms with E-state index < -0.39 is 0 Å². The number of hydrogen-bond acceptors (Lipinski definition) is 5. The lowest BCUT2D eigenvalue weighted by Gasteiger charge is -2.36. The molecule has 6 nitrogen and oxygen atoms in total. The van der Waals surface area contributed by atoms with Crippen molar-refractivity contribution in [1.82, 2.24) is 15.1 Å². The molecule has 1 aliphatic rings. The number of aromatic nitrogens is 2. The second kappa shape index (κ2) is 6.37. The number of benzene rings is 1. The van der Waals surface area contributed by atoms with Gasteiger partial charge >= 0.3 is 0 Å². The molecule has 1 aromatic carbocycles. The number of aromatic amines is 1. The fourth-order valence-electron chi connectivity index (χ4n) is 2.62. The van der Waals surface area contributed by atoms with Gasteiger partial charge < -0.3 is 10.6 Å². The summed E-state index contributed by atoms with van der Waals surface area (Å²) in [6, 6.07) is 7.96. The number of nitrogens with one attached hydrogen (secondary N) is 1. The lowest BCUT2D eigenvalue weighted by atomic mass is 10.2. The Kier molecular flexibility index (Phi) is 4.31. The minimum Gasteiger partial charge on any atom is -0.399 e. The second-order valence-corrected chi connectivity index (χ2v) is 5.78. The molecule has 0 amide bonds. The maximum Gasteiger partial charge on any atom is 0.285 e. The van der Waals surface area contributed by atoms with Crippen molar-refractivity contribution in [3.05, 3.63) is 51.4 Å². The molecule has 22 heavy (non-hydrogen) atoms. The molecule has 1 fully saturated rings. The summed E-state index contributed by atoms with van der Waals surface area (Å²) in [4.78, 5) is 16.0. The maximum absolute atomic E-state index is 11.5. The van der Waals surface area contributed by atoms with Gasteiger partial charge in [0.2, 0.25) is 0 Å². The first kappa shape index (κ1) is 14.9. The summed E-state index contributed by atoms with van der Waals surface area (Å²) in [5.74, 6) is 0. The minimum atomic E-state index is -0.344. The topological polar surface area (TPSA) is 78.2 Å². The minimum absolute atomic E-state index is 0.210. The van der Waals surface area contributed by atoms with E-state index >= 15 is 0 Å². The molecule has 0 saturated carbocycles. The van der Waals surface area contributed by atoms with Gasteiger partial charge in [0.05, 0.1) is 11.9 Å². The number of anilines is 2. The Bertz CT molecular complexity index is 692. The quantitative estimate of drug-likeness (QED) is 0.834. The lowest BCUT2D eigenvalue weighted by Crippen LogP contribution is -2.46. The van der Waals surface area contributed by atoms with Crippen LogP contribution in [0, 0.1) is 0 Å². The van der Waals surface area contributed by atoms with Crippen molar-refractivity contribution < 1.29 is 0 Å². The maximum atomic E-state index is 11.5. The summed E-state index contributed by atoms with van der Waals surface area (Å²) in [6.07, 6.45) is 1.61. The zero-order valence-corrected chi connectivity index (χ0v) is 12.9. The van der Waals surface area contributed by atoms with Gasteiger partial charge in [-0.15, -0.1) is 0 Å². The van der Waals surface area contributed by atoms with Crippen molar-refractivity contribution in [3.63, 3.8) is 0 Å². The Morgan fingerprint density at radius 1 is 1.18 bits per heavy atom. The summed E-state index contributed by atoms with van der Waals surface area (Å²) >= 11 is 6.06. The standard InChI is InChI=1S/C15H18ClN5O/c16-14-13(9-18-19-15(14)22)21-7-5-20(6-8-21)10-11-1-3-12(17)4-2-11/h1-4,9H,5-8,10,17H2,(H,19,22). The van der Waals surface area contributed by atoms with Crippen LogP contribution in [-0.2, 0) is 6.54 Å². The van der Waals surface area contributed by atoms with Gasteiger partial charge in [0, 0.05) is 38.4 Å². The molecule has 1 saturated heterocycles. The molecule has 116 valence electrons. The summed E-state index contributed by atoms with van der Waals surface area (Å²) in [5, 5.41) is 6.38. The van der Waals surface area contributed by atoms with Crippen LogP contribution in [0.3, 0.4) is 0 Å². The van der Waals surface area contributed by atoms with Crippen molar-refractivity contribution in [2.45, 2.75) is 6.54 Å². The average Bonchev–Trinajstić information content (AvgIpc) is 2.53. The molecule has 0 aliphatic carbocycles. The predicted octanol–water partition coefficient (Wildman–Crippen LogP) is 1.33. The zero-order valence-electron chi connectivity index (χ0n) is 12.1. The molecule has 3 rings (SSSR count). The van der Waals surface area contributed by atoms with Crippen LogP contribution in [0.5, 0.6) is 0 Å². The van der Waals surface area contributed by atoms with Crippen LogP contribution in [0.15, 0.2) is 35.3 Å². The molecule has 3 N–H and O–H groups in total. The van der Waals surface area contributed by atoms with E-state index in [0.717, 1.165) is 38.4 Å². The number of piperazine rings is 1. The molecule has 0 bridgehead atoms. The number of H-pyrrole nitrogens is 1. The normalized spacial score (nSPS) is 16.0. The van der Waals surface area contributed by atoms with Gasteiger partial charge in [-0.1, -0.05) is 23.7 Å². The van der Waals surface area contributed by atoms with E-state index in [-0.39, 0.29) is 10.6 Å². The number of rotatable bonds is 3. The van der Waals surface area contributed by atoms with Gasteiger partial charge in [-0.2, -0.15) is 5.10 Å². The Labute approximate surface area is 133 Å². The molecule has 0 radical (unpaired) electrons. The highest BCUT2D eigenvalue weighted by atomic mass is 35.5. The van der Waals surface area contributed by atoms with Gasteiger partial charge in [0.15, 0.2) is 0 Å². The highest BCUT2D eigenvalue weighted by molar-refractivity contribution is 6.32. The van der Waals surface area contributed by atoms with Crippen LogP contribution in [0.4, 0.5) is 11.4 Å². The van der Waals surface area contributed by atoms with Crippen molar-refractivity contribution >= 4 is 23.0 Å². The van der Waals surface area contributed by atoms with Gasteiger partial charge in [0.1, 0.15) is 5.02 Å². The summed E-state index contributed by atoms with van der Waals surface area (Å²) in [5.41, 5.74) is 8.10. The smallest absolute Gasteiger partial charge is 0.285 e. The third-order valence-electron chi connectivity index (χ3n) is 3.88. The van der Waals surface area contributed by atoms with E-state index in [4.69, 9.17) is 17.3 Å². The van der Waals surface area contributed by atoms with E-state index in [1.54, 1.807) is 6.20 Å². The largest absolute Gasteiger partial charge is 0.399 e. The first-order valence-electron chi connectivity index (χ1n) is 7.18. The Morgan fingerprint density at radius 3 is 2.55 bits per heavy atom. The Hall–Kier alpha value is -2.05. The third kappa shape index (κ3) is 3.23. The number of nitrogen functional groups attached to an aromatic ring is 1. The molecule has 1 aliphatic heterocycles. The van der Waals surface area contributed by atoms with Crippen LogP contribution in [0.2, 0.25) is 5.02 Å². The fourth-order valence-corrected chi connectivity index (χ4v) is 2.83. The Balaban J connectivity index is 1.61. The molecular formula is C15H18ClN5O. The molecule has 0 spiro atoms. The van der Waals surface area contributed by atoms with Crippen LogP contribution in [-0.4, -0.2) is 41.3 Å². The summed E-state index contributed by atoms with van der Waals surface area (Å²) in [6.45, 7) is 4.36. The monoisotopic (exact) mass is 319 g/mol. The van der Waals surface area contributed by atoms with Crippen molar-refractivity contribution in [2.75, 3.05) is 36.8 Å². The predicted molar refractivity (Wildman–Crippen MR) is 88.2 cm³/mol. The molecule has 2 aromatic rings. The molecule has 0 atom stereocenters. The zero-order chi connectivity index (χ0) is 15.5. The first-order valence-corrected chi connectivity index (χ1v) is 7.56. The summed E-state index contributed by atoms with van der Waals surface area (Å²) < 4.78 is 0.